The standard InChI is InChI=1S/C15H15O2.BrH.Sn/c1-16-14-9-5-3-7-12(14)11-13-8-4-6-10-15(13)17-2;;/h3-11H,1-2H3;1H;/q;;+1/p-1. The molecule has 2 radical (unpaired) electrons. The second-order valence-electron chi connectivity index (χ2n) is 4.03. The SMILES string of the molecule is COc1ccccc1[CH]([Sn][Br])c1ccccc1OC. The summed E-state index contributed by atoms with van der Waals surface area (Å²) in [4.78, 5) is 0. The van der Waals surface area contributed by atoms with Crippen molar-refractivity contribution in [2.75, 3.05) is 14.2 Å². The van der Waals surface area contributed by atoms with Crippen LogP contribution < -0.4 is 9.47 Å². The van der Waals surface area contributed by atoms with Gasteiger partial charge >= 0.3 is 130 Å². The number of hydrogen-bond donors (Lipinski definition) is 0. The van der Waals surface area contributed by atoms with Crippen molar-refractivity contribution >= 4 is 31.6 Å². The van der Waals surface area contributed by atoms with E-state index < -0.39 is 18.9 Å². The number of para-hydroxylation sites is 2. The number of ether oxygens (including phenoxy) is 2. The summed E-state index contributed by atoms with van der Waals surface area (Å²) in [5.41, 5.74) is 2.47. The molecule has 2 rings (SSSR count). The Hall–Kier alpha value is -0.681. The van der Waals surface area contributed by atoms with Gasteiger partial charge in [0.1, 0.15) is 0 Å². The van der Waals surface area contributed by atoms with Gasteiger partial charge in [-0.3, -0.25) is 0 Å². The molecule has 4 heteroatoms. The van der Waals surface area contributed by atoms with Crippen molar-refractivity contribution in [1.82, 2.24) is 0 Å². The first-order valence-electron chi connectivity index (χ1n) is 5.93. The summed E-state index contributed by atoms with van der Waals surface area (Å²) in [6.45, 7) is 0. The van der Waals surface area contributed by atoms with E-state index >= 15 is 0 Å². The molecular weight excluding hydrogens is 411 g/mol. The Balaban J connectivity index is 2.50. The van der Waals surface area contributed by atoms with Crippen LogP contribution in [0.3, 0.4) is 0 Å². The summed E-state index contributed by atoms with van der Waals surface area (Å²) < 4.78 is 11.3. The minimum atomic E-state index is -0.767. The van der Waals surface area contributed by atoms with Gasteiger partial charge in [-0.1, -0.05) is 0 Å². The average molecular weight is 426 g/mol. The van der Waals surface area contributed by atoms with E-state index in [0.717, 1.165) is 11.5 Å². The van der Waals surface area contributed by atoms with Crippen LogP contribution in [0.2, 0.25) is 0 Å². The van der Waals surface area contributed by atoms with Crippen LogP contribution in [0.25, 0.3) is 0 Å². The number of hydrogen-bond acceptors (Lipinski definition) is 2. The van der Waals surface area contributed by atoms with E-state index in [1.54, 1.807) is 14.2 Å². The Labute approximate surface area is 130 Å². The molecule has 2 nitrogen and oxygen atoms in total. The van der Waals surface area contributed by atoms with Crippen LogP contribution in [-0.2, 0) is 0 Å². The molecule has 0 fully saturated rings. The summed E-state index contributed by atoms with van der Waals surface area (Å²) in [5.74, 6) is 1.89. The molecule has 0 N–H and O–H groups in total. The predicted molar refractivity (Wildman–Crippen MR) is 82.5 cm³/mol. The summed E-state index contributed by atoms with van der Waals surface area (Å²) in [5, 5.41) is 0. The molecule has 0 aliphatic carbocycles. The van der Waals surface area contributed by atoms with Gasteiger partial charge < -0.3 is 0 Å². The Kier molecular flexibility index (Phi) is 5.57. The predicted octanol–water partition coefficient (Wildman–Crippen LogP) is 3.81. The van der Waals surface area contributed by atoms with Gasteiger partial charge in [0, 0.05) is 0 Å². The third kappa shape index (κ3) is 3.26. The average Bonchev–Trinajstić information content (AvgIpc) is 2.49. The molecule has 0 amide bonds. The molecule has 0 atom stereocenters. The zero-order chi connectivity index (χ0) is 13.7. The topological polar surface area (TPSA) is 18.5 Å². The molecule has 0 aliphatic heterocycles. The van der Waals surface area contributed by atoms with Crippen LogP contribution in [0.4, 0.5) is 0 Å². The molecular formula is C15H15BrO2Sn. The second-order valence-corrected chi connectivity index (χ2v) is 9.37. The first-order valence-corrected chi connectivity index (χ1v) is 14.0. The molecule has 0 heterocycles. The molecule has 0 saturated heterocycles. The Morgan fingerprint density at radius 3 is 1.63 bits per heavy atom. The quantitative estimate of drug-likeness (QED) is 0.678. The van der Waals surface area contributed by atoms with Crippen LogP contribution in [0.15, 0.2) is 48.5 Å². The fourth-order valence-corrected chi connectivity index (χ4v) is 7.44. The Bertz CT molecular complexity index is 498. The Morgan fingerprint density at radius 2 is 1.26 bits per heavy atom. The van der Waals surface area contributed by atoms with Crippen molar-refractivity contribution in [3.8, 4) is 11.5 Å². The van der Waals surface area contributed by atoms with E-state index in [1.807, 2.05) is 24.3 Å². The van der Waals surface area contributed by atoms with Gasteiger partial charge in [-0.05, 0) is 0 Å². The first kappa shape index (κ1) is 14.7. The summed E-state index contributed by atoms with van der Waals surface area (Å²) in [7, 11) is 3.44. The van der Waals surface area contributed by atoms with Crippen molar-refractivity contribution < 1.29 is 9.47 Å². The van der Waals surface area contributed by atoms with E-state index in [-0.39, 0.29) is 0 Å². The van der Waals surface area contributed by atoms with Gasteiger partial charge in [-0.15, -0.1) is 0 Å². The monoisotopic (exact) mass is 426 g/mol. The van der Waals surface area contributed by atoms with Crippen molar-refractivity contribution in [2.45, 2.75) is 3.93 Å². The maximum absolute atomic E-state index is 5.49. The molecule has 2 aromatic carbocycles. The number of halogens is 1. The van der Waals surface area contributed by atoms with Crippen molar-refractivity contribution in [3.05, 3.63) is 59.7 Å². The number of rotatable bonds is 5. The first-order chi connectivity index (χ1) is 9.31. The molecule has 19 heavy (non-hydrogen) atoms. The zero-order valence-electron chi connectivity index (χ0n) is 10.9. The third-order valence-corrected chi connectivity index (χ3v) is 8.48. The second kappa shape index (κ2) is 7.19. The van der Waals surface area contributed by atoms with Gasteiger partial charge in [-0.2, -0.15) is 0 Å². The number of benzene rings is 2. The molecule has 2 aromatic rings. The molecule has 0 spiro atoms. The Morgan fingerprint density at radius 1 is 0.842 bits per heavy atom. The van der Waals surface area contributed by atoms with E-state index in [1.165, 1.54) is 11.1 Å². The van der Waals surface area contributed by atoms with E-state index in [2.05, 4.69) is 37.0 Å². The van der Waals surface area contributed by atoms with E-state index in [9.17, 15) is 0 Å². The minimum absolute atomic E-state index is 0.371. The fourth-order valence-electron chi connectivity index (χ4n) is 2.09. The fraction of sp³-hybridized carbons (Fsp3) is 0.200. The summed E-state index contributed by atoms with van der Waals surface area (Å²) >= 11 is 3.01. The number of methoxy groups -OCH3 is 2. The van der Waals surface area contributed by atoms with Crippen molar-refractivity contribution in [1.29, 1.82) is 0 Å². The summed E-state index contributed by atoms with van der Waals surface area (Å²) in [6, 6.07) is 16.4. The zero-order valence-corrected chi connectivity index (χ0v) is 15.3. The normalized spacial score (nSPS) is 10.5. The van der Waals surface area contributed by atoms with E-state index in [0.29, 0.717) is 3.93 Å². The van der Waals surface area contributed by atoms with Crippen LogP contribution in [-0.4, -0.2) is 33.1 Å². The van der Waals surface area contributed by atoms with Crippen LogP contribution >= 0.6 is 12.7 Å². The van der Waals surface area contributed by atoms with Crippen LogP contribution in [0, 0.1) is 0 Å². The van der Waals surface area contributed by atoms with Crippen molar-refractivity contribution in [3.63, 3.8) is 0 Å². The molecule has 0 unspecified atom stereocenters. The van der Waals surface area contributed by atoms with Crippen LogP contribution in [0.1, 0.15) is 15.1 Å². The third-order valence-electron chi connectivity index (χ3n) is 3.01. The van der Waals surface area contributed by atoms with Gasteiger partial charge in [0.15, 0.2) is 0 Å². The molecule has 0 aliphatic rings. The molecule has 0 saturated carbocycles. The van der Waals surface area contributed by atoms with Gasteiger partial charge in [0.25, 0.3) is 0 Å². The summed E-state index contributed by atoms with van der Waals surface area (Å²) in [6.07, 6.45) is 0. The molecule has 0 bridgehead atoms. The molecule has 98 valence electrons. The van der Waals surface area contributed by atoms with Crippen LogP contribution in [0.5, 0.6) is 11.5 Å². The molecule has 0 aromatic heterocycles. The van der Waals surface area contributed by atoms with Gasteiger partial charge in [0.05, 0.1) is 0 Å². The van der Waals surface area contributed by atoms with Gasteiger partial charge in [-0.25, -0.2) is 0 Å². The van der Waals surface area contributed by atoms with Gasteiger partial charge in [0.2, 0.25) is 0 Å². The van der Waals surface area contributed by atoms with E-state index in [4.69, 9.17) is 9.47 Å². The van der Waals surface area contributed by atoms with Crippen molar-refractivity contribution in [2.24, 2.45) is 0 Å². The maximum atomic E-state index is 5.49.